The first-order valence-electron chi connectivity index (χ1n) is 6.98. The number of rotatable bonds is 2. The van der Waals surface area contributed by atoms with Gasteiger partial charge in [0.15, 0.2) is 5.69 Å². The van der Waals surface area contributed by atoms with Gasteiger partial charge in [-0.05, 0) is 18.8 Å². The van der Waals surface area contributed by atoms with E-state index in [9.17, 15) is 4.79 Å². The highest BCUT2D eigenvalue weighted by Gasteiger charge is 2.27. The van der Waals surface area contributed by atoms with E-state index in [0.29, 0.717) is 11.6 Å². The summed E-state index contributed by atoms with van der Waals surface area (Å²) in [5.41, 5.74) is 2.78. The molecule has 3 rings (SSSR count). The molecule has 1 aromatic rings. The van der Waals surface area contributed by atoms with Crippen LogP contribution in [-0.2, 0) is 13.0 Å². The Balaban J connectivity index is 0.00000147. The molecule has 0 aliphatic carbocycles. The first-order valence-corrected chi connectivity index (χ1v) is 6.98. The lowest BCUT2D eigenvalue weighted by Crippen LogP contribution is -2.39. The van der Waals surface area contributed by atoms with Gasteiger partial charge in [0.1, 0.15) is 0 Å². The third-order valence-electron chi connectivity index (χ3n) is 4.17. The molecular formula is C14H21ClN4O. The SMILES string of the molecule is C=CC1CCN(C(=O)c2n[nH]c3c2CNCC3)CC1.Cl. The molecule has 0 spiro atoms. The first-order chi connectivity index (χ1) is 9.29. The lowest BCUT2D eigenvalue weighted by molar-refractivity contribution is 0.0698. The monoisotopic (exact) mass is 296 g/mol. The fourth-order valence-electron chi connectivity index (χ4n) is 2.89. The van der Waals surface area contributed by atoms with Gasteiger partial charge in [-0.3, -0.25) is 9.89 Å². The summed E-state index contributed by atoms with van der Waals surface area (Å²) < 4.78 is 0. The van der Waals surface area contributed by atoms with Crippen molar-refractivity contribution in [3.8, 4) is 0 Å². The maximum absolute atomic E-state index is 12.5. The fourth-order valence-corrected chi connectivity index (χ4v) is 2.89. The summed E-state index contributed by atoms with van der Waals surface area (Å²) in [5, 5.41) is 10.5. The standard InChI is InChI=1S/C14H20N4O.ClH/c1-2-10-4-7-18(8-5-10)14(19)13-11-9-15-6-3-12(11)16-17-13;/h2,10,15H,1,3-9H2,(H,16,17);1H. The Morgan fingerprint density at radius 1 is 1.40 bits per heavy atom. The zero-order valence-corrected chi connectivity index (χ0v) is 12.3. The number of fused-ring (bicyclic) bond motifs is 1. The van der Waals surface area contributed by atoms with E-state index in [1.54, 1.807) is 0 Å². The molecular weight excluding hydrogens is 276 g/mol. The van der Waals surface area contributed by atoms with Gasteiger partial charge in [0.25, 0.3) is 5.91 Å². The number of carbonyl (C=O) groups is 1. The van der Waals surface area contributed by atoms with Gasteiger partial charge in [-0.25, -0.2) is 0 Å². The highest BCUT2D eigenvalue weighted by Crippen LogP contribution is 2.22. The van der Waals surface area contributed by atoms with Gasteiger partial charge in [0.2, 0.25) is 0 Å². The Bertz CT molecular complexity index is 491. The minimum absolute atomic E-state index is 0. The van der Waals surface area contributed by atoms with Crippen LogP contribution < -0.4 is 5.32 Å². The van der Waals surface area contributed by atoms with Crippen molar-refractivity contribution in [3.63, 3.8) is 0 Å². The smallest absolute Gasteiger partial charge is 0.274 e. The second-order valence-corrected chi connectivity index (χ2v) is 5.32. The molecule has 0 radical (unpaired) electrons. The number of hydrogen-bond acceptors (Lipinski definition) is 3. The molecule has 1 aromatic heterocycles. The van der Waals surface area contributed by atoms with E-state index in [2.05, 4.69) is 22.1 Å². The molecule has 1 fully saturated rings. The third kappa shape index (κ3) is 2.74. The minimum atomic E-state index is 0. The van der Waals surface area contributed by atoms with E-state index in [4.69, 9.17) is 0 Å². The zero-order chi connectivity index (χ0) is 13.2. The lowest BCUT2D eigenvalue weighted by Gasteiger charge is -2.30. The molecule has 0 aromatic carbocycles. The normalized spacial score (nSPS) is 19.1. The number of halogens is 1. The van der Waals surface area contributed by atoms with Crippen LogP contribution in [-0.4, -0.2) is 40.6 Å². The van der Waals surface area contributed by atoms with Crippen molar-refractivity contribution in [1.82, 2.24) is 20.4 Å². The fraction of sp³-hybridized carbons (Fsp3) is 0.571. The predicted molar refractivity (Wildman–Crippen MR) is 80.1 cm³/mol. The van der Waals surface area contributed by atoms with Gasteiger partial charge in [-0.15, -0.1) is 19.0 Å². The van der Waals surface area contributed by atoms with Crippen molar-refractivity contribution >= 4 is 18.3 Å². The van der Waals surface area contributed by atoms with Crippen LogP contribution in [0, 0.1) is 5.92 Å². The average molecular weight is 297 g/mol. The average Bonchev–Trinajstić information content (AvgIpc) is 2.90. The topological polar surface area (TPSA) is 61.0 Å². The summed E-state index contributed by atoms with van der Waals surface area (Å²) in [6.45, 7) is 7.15. The minimum Gasteiger partial charge on any atom is -0.337 e. The Morgan fingerprint density at radius 2 is 2.15 bits per heavy atom. The number of carbonyl (C=O) groups excluding carboxylic acids is 1. The molecule has 0 unspecified atom stereocenters. The van der Waals surface area contributed by atoms with Gasteiger partial charge in [0.05, 0.1) is 0 Å². The molecule has 3 heterocycles. The summed E-state index contributed by atoms with van der Waals surface area (Å²) in [4.78, 5) is 14.4. The van der Waals surface area contributed by atoms with E-state index < -0.39 is 0 Å². The van der Waals surface area contributed by atoms with E-state index >= 15 is 0 Å². The summed E-state index contributed by atoms with van der Waals surface area (Å²) in [5.74, 6) is 0.627. The van der Waals surface area contributed by atoms with Gasteiger partial charge >= 0.3 is 0 Å². The number of allylic oxidation sites excluding steroid dienone is 1. The second kappa shape index (κ2) is 6.41. The molecule has 0 saturated carbocycles. The number of likely N-dealkylation sites (tertiary alicyclic amines) is 1. The van der Waals surface area contributed by atoms with Crippen LogP contribution in [0.4, 0.5) is 0 Å². The number of piperidine rings is 1. The van der Waals surface area contributed by atoms with E-state index in [-0.39, 0.29) is 18.3 Å². The maximum Gasteiger partial charge on any atom is 0.274 e. The quantitative estimate of drug-likeness (QED) is 0.814. The Hall–Kier alpha value is -1.33. The van der Waals surface area contributed by atoms with Crippen LogP contribution in [0.1, 0.15) is 34.6 Å². The molecule has 5 nitrogen and oxygen atoms in total. The maximum atomic E-state index is 12.5. The molecule has 1 saturated heterocycles. The van der Waals surface area contributed by atoms with Crippen molar-refractivity contribution in [2.24, 2.45) is 5.92 Å². The van der Waals surface area contributed by atoms with Crippen molar-refractivity contribution in [3.05, 3.63) is 29.6 Å². The summed E-state index contributed by atoms with van der Waals surface area (Å²) >= 11 is 0. The first kappa shape index (κ1) is 15.1. The molecule has 2 aliphatic heterocycles. The molecule has 2 aliphatic rings. The number of aromatic nitrogens is 2. The number of H-pyrrole nitrogens is 1. The van der Waals surface area contributed by atoms with Crippen LogP contribution >= 0.6 is 12.4 Å². The van der Waals surface area contributed by atoms with Gasteiger partial charge < -0.3 is 10.2 Å². The summed E-state index contributed by atoms with van der Waals surface area (Å²) in [7, 11) is 0. The molecule has 20 heavy (non-hydrogen) atoms. The zero-order valence-electron chi connectivity index (χ0n) is 11.5. The number of nitrogens with one attached hydrogen (secondary N) is 2. The highest BCUT2D eigenvalue weighted by molar-refractivity contribution is 5.94. The van der Waals surface area contributed by atoms with Crippen LogP contribution in [0.2, 0.25) is 0 Å². The lowest BCUT2D eigenvalue weighted by atomic mass is 9.96. The van der Waals surface area contributed by atoms with Crippen LogP contribution in [0.5, 0.6) is 0 Å². The predicted octanol–water partition coefficient (Wildman–Crippen LogP) is 1.52. The highest BCUT2D eigenvalue weighted by atomic mass is 35.5. The molecule has 0 bridgehead atoms. The Morgan fingerprint density at radius 3 is 2.85 bits per heavy atom. The van der Waals surface area contributed by atoms with E-state index in [1.807, 2.05) is 11.0 Å². The summed E-state index contributed by atoms with van der Waals surface area (Å²) in [6.07, 6.45) is 4.95. The van der Waals surface area contributed by atoms with Crippen molar-refractivity contribution in [1.29, 1.82) is 0 Å². The number of hydrogen-bond donors (Lipinski definition) is 2. The molecule has 2 N–H and O–H groups in total. The second-order valence-electron chi connectivity index (χ2n) is 5.32. The van der Waals surface area contributed by atoms with Gasteiger partial charge in [-0.1, -0.05) is 6.08 Å². The Kier molecular flexibility index (Phi) is 4.83. The van der Waals surface area contributed by atoms with Crippen molar-refractivity contribution < 1.29 is 4.79 Å². The number of aromatic amines is 1. The van der Waals surface area contributed by atoms with Crippen LogP contribution in [0.25, 0.3) is 0 Å². The van der Waals surface area contributed by atoms with Crippen molar-refractivity contribution in [2.75, 3.05) is 19.6 Å². The van der Waals surface area contributed by atoms with Gasteiger partial charge in [-0.2, -0.15) is 5.10 Å². The third-order valence-corrected chi connectivity index (χ3v) is 4.17. The van der Waals surface area contributed by atoms with Crippen LogP contribution in [0.15, 0.2) is 12.7 Å². The largest absolute Gasteiger partial charge is 0.337 e. The van der Waals surface area contributed by atoms with Crippen molar-refractivity contribution in [2.45, 2.75) is 25.8 Å². The van der Waals surface area contributed by atoms with E-state index in [0.717, 1.165) is 56.7 Å². The van der Waals surface area contributed by atoms with Gasteiger partial charge in [0, 0.05) is 43.9 Å². The molecule has 110 valence electrons. The summed E-state index contributed by atoms with van der Waals surface area (Å²) in [6, 6.07) is 0. The molecule has 1 amide bonds. The van der Waals surface area contributed by atoms with E-state index in [1.165, 1.54) is 0 Å². The van der Waals surface area contributed by atoms with Crippen LogP contribution in [0.3, 0.4) is 0 Å². The molecule has 6 heteroatoms. The number of amides is 1. The number of nitrogens with zero attached hydrogens (tertiary/aromatic N) is 2. The Labute approximate surface area is 125 Å². The molecule has 0 atom stereocenters.